The second-order valence-electron chi connectivity index (χ2n) is 4.77. The van der Waals surface area contributed by atoms with Crippen LogP contribution in [0.1, 0.15) is 39.2 Å². The fourth-order valence-electron chi connectivity index (χ4n) is 1.81. The SMILES string of the molecule is CCCCOc1cccc(C=C(C(=O)OCC)C(=O)OCC)c1. The van der Waals surface area contributed by atoms with Crippen LogP contribution in [0.5, 0.6) is 5.75 Å². The summed E-state index contributed by atoms with van der Waals surface area (Å²) in [5, 5.41) is 0. The van der Waals surface area contributed by atoms with Gasteiger partial charge in [0.1, 0.15) is 11.3 Å². The van der Waals surface area contributed by atoms with Crippen LogP contribution in [-0.2, 0) is 19.1 Å². The molecule has 0 bridgehead atoms. The molecule has 23 heavy (non-hydrogen) atoms. The van der Waals surface area contributed by atoms with Gasteiger partial charge in [-0.3, -0.25) is 0 Å². The van der Waals surface area contributed by atoms with Crippen molar-refractivity contribution in [2.75, 3.05) is 19.8 Å². The first-order valence-corrected chi connectivity index (χ1v) is 7.91. The Labute approximate surface area is 137 Å². The Morgan fingerprint density at radius 1 is 1.04 bits per heavy atom. The molecule has 126 valence electrons. The van der Waals surface area contributed by atoms with Gasteiger partial charge in [0, 0.05) is 0 Å². The maximum absolute atomic E-state index is 11.9. The molecule has 0 atom stereocenters. The number of esters is 2. The summed E-state index contributed by atoms with van der Waals surface area (Å²) in [7, 11) is 0. The van der Waals surface area contributed by atoms with Gasteiger partial charge in [-0.2, -0.15) is 0 Å². The summed E-state index contributed by atoms with van der Waals surface area (Å²) >= 11 is 0. The van der Waals surface area contributed by atoms with E-state index in [2.05, 4.69) is 6.92 Å². The number of ether oxygens (including phenoxy) is 3. The van der Waals surface area contributed by atoms with Gasteiger partial charge >= 0.3 is 11.9 Å². The molecular weight excluding hydrogens is 296 g/mol. The van der Waals surface area contributed by atoms with Crippen molar-refractivity contribution in [3.63, 3.8) is 0 Å². The zero-order chi connectivity index (χ0) is 17.1. The number of carbonyl (C=O) groups is 2. The first kappa shape index (κ1) is 18.7. The summed E-state index contributed by atoms with van der Waals surface area (Å²) in [6.45, 7) is 6.47. The number of hydrogen-bond acceptors (Lipinski definition) is 5. The summed E-state index contributed by atoms with van der Waals surface area (Å²) in [5.74, 6) is -0.689. The van der Waals surface area contributed by atoms with E-state index in [9.17, 15) is 9.59 Å². The number of unbranched alkanes of at least 4 members (excludes halogenated alkanes) is 1. The molecular formula is C18H24O5. The zero-order valence-electron chi connectivity index (χ0n) is 14.0. The van der Waals surface area contributed by atoms with Crippen molar-refractivity contribution < 1.29 is 23.8 Å². The quantitative estimate of drug-likeness (QED) is 0.229. The lowest BCUT2D eigenvalue weighted by molar-refractivity contribution is -0.146. The smallest absolute Gasteiger partial charge is 0.345 e. The lowest BCUT2D eigenvalue weighted by Gasteiger charge is -2.08. The van der Waals surface area contributed by atoms with Gasteiger partial charge in [0.25, 0.3) is 0 Å². The highest BCUT2D eigenvalue weighted by Crippen LogP contribution is 2.17. The van der Waals surface area contributed by atoms with Crippen LogP contribution in [0.2, 0.25) is 0 Å². The number of benzene rings is 1. The Balaban J connectivity index is 2.98. The van der Waals surface area contributed by atoms with E-state index >= 15 is 0 Å². The van der Waals surface area contributed by atoms with Crippen molar-refractivity contribution in [2.24, 2.45) is 0 Å². The van der Waals surface area contributed by atoms with E-state index in [1.165, 1.54) is 6.08 Å². The molecule has 0 aromatic heterocycles. The zero-order valence-corrected chi connectivity index (χ0v) is 14.0. The van der Waals surface area contributed by atoms with Gasteiger partial charge in [-0.1, -0.05) is 25.5 Å². The second-order valence-corrected chi connectivity index (χ2v) is 4.77. The topological polar surface area (TPSA) is 61.8 Å². The summed E-state index contributed by atoms with van der Waals surface area (Å²) in [6, 6.07) is 7.20. The molecule has 0 radical (unpaired) electrons. The predicted molar refractivity (Wildman–Crippen MR) is 88.1 cm³/mol. The van der Waals surface area contributed by atoms with Crippen molar-refractivity contribution >= 4 is 18.0 Å². The first-order valence-electron chi connectivity index (χ1n) is 7.91. The van der Waals surface area contributed by atoms with Crippen LogP contribution in [0.3, 0.4) is 0 Å². The van der Waals surface area contributed by atoms with Crippen LogP contribution in [0.15, 0.2) is 29.8 Å². The first-order chi connectivity index (χ1) is 11.1. The van der Waals surface area contributed by atoms with E-state index in [1.807, 2.05) is 6.07 Å². The third-order valence-corrected chi connectivity index (χ3v) is 2.93. The van der Waals surface area contributed by atoms with Crippen LogP contribution in [0.25, 0.3) is 6.08 Å². The predicted octanol–water partition coefficient (Wildman–Crippen LogP) is 3.38. The molecule has 1 aromatic rings. The monoisotopic (exact) mass is 320 g/mol. The van der Waals surface area contributed by atoms with Crippen molar-refractivity contribution in [3.05, 3.63) is 35.4 Å². The van der Waals surface area contributed by atoms with Gasteiger partial charge in [-0.15, -0.1) is 0 Å². The van der Waals surface area contributed by atoms with E-state index in [4.69, 9.17) is 14.2 Å². The molecule has 0 heterocycles. The third kappa shape index (κ3) is 6.55. The van der Waals surface area contributed by atoms with Gasteiger partial charge in [0.15, 0.2) is 0 Å². The Morgan fingerprint density at radius 2 is 1.70 bits per heavy atom. The highest BCUT2D eigenvalue weighted by molar-refractivity contribution is 6.17. The Kier molecular flexibility index (Phi) is 8.50. The highest BCUT2D eigenvalue weighted by Gasteiger charge is 2.20. The fourth-order valence-corrected chi connectivity index (χ4v) is 1.81. The maximum atomic E-state index is 11.9. The maximum Gasteiger partial charge on any atom is 0.345 e. The molecule has 5 heteroatoms. The molecule has 0 N–H and O–H groups in total. The van der Waals surface area contributed by atoms with Crippen molar-refractivity contribution in [2.45, 2.75) is 33.6 Å². The molecule has 0 aliphatic rings. The van der Waals surface area contributed by atoms with E-state index in [0.29, 0.717) is 17.9 Å². The van der Waals surface area contributed by atoms with Crippen LogP contribution in [0.4, 0.5) is 0 Å². The largest absolute Gasteiger partial charge is 0.494 e. The number of rotatable bonds is 9. The molecule has 0 aliphatic carbocycles. The Morgan fingerprint density at radius 3 is 2.26 bits per heavy atom. The molecule has 0 spiro atoms. The van der Waals surface area contributed by atoms with E-state index in [1.54, 1.807) is 32.0 Å². The lowest BCUT2D eigenvalue weighted by atomic mass is 10.1. The van der Waals surface area contributed by atoms with Gasteiger partial charge < -0.3 is 14.2 Å². The number of hydrogen-bond donors (Lipinski definition) is 0. The average molecular weight is 320 g/mol. The summed E-state index contributed by atoms with van der Waals surface area (Å²) < 4.78 is 15.5. The molecule has 0 fully saturated rings. The molecule has 5 nitrogen and oxygen atoms in total. The molecule has 0 unspecified atom stereocenters. The Bertz CT molecular complexity index is 528. The molecule has 0 saturated carbocycles. The molecule has 0 saturated heterocycles. The van der Waals surface area contributed by atoms with Crippen molar-refractivity contribution in [1.82, 2.24) is 0 Å². The van der Waals surface area contributed by atoms with Gasteiger partial charge in [0.2, 0.25) is 0 Å². The molecule has 1 aromatic carbocycles. The highest BCUT2D eigenvalue weighted by atomic mass is 16.6. The van der Waals surface area contributed by atoms with Crippen molar-refractivity contribution in [1.29, 1.82) is 0 Å². The minimum absolute atomic E-state index is 0.126. The van der Waals surface area contributed by atoms with E-state index in [0.717, 1.165) is 12.8 Å². The van der Waals surface area contributed by atoms with Gasteiger partial charge in [-0.05, 0) is 44.0 Å². The molecule has 0 amide bonds. The standard InChI is InChI=1S/C18H24O5/c1-4-7-11-23-15-10-8-9-14(12-15)13-16(17(19)21-5-2)18(20)22-6-3/h8-10,12-13H,4-7,11H2,1-3H3. The van der Waals surface area contributed by atoms with Crippen LogP contribution in [0, 0.1) is 0 Å². The average Bonchev–Trinajstić information content (AvgIpc) is 2.53. The summed E-state index contributed by atoms with van der Waals surface area (Å²) in [5.41, 5.74) is 0.550. The minimum Gasteiger partial charge on any atom is -0.494 e. The van der Waals surface area contributed by atoms with Crippen LogP contribution in [-0.4, -0.2) is 31.8 Å². The molecule has 1 rings (SSSR count). The number of carbonyl (C=O) groups excluding carboxylic acids is 2. The normalized spacial score (nSPS) is 9.87. The minimum atomic E-state index is -0.691. The van der Waals surface area contributed by atoms with E-state index in [-0.39, 0.29) is 18.8 Å². The second kappa shape index (κ2) is 10.4. The molecule has 0 aliphatic heterocycles. The van der Waals surface area contributed by atoms with Crippen LogP contribution < -0.4 is 4.74 Å². The van der Waals surface area contributed by atoms with Crippen LogP contribution >= 0.6 is 0 Å². The third-order valence-electron chi connectivity index (χ3n) is 2.93. The van der Waals surface area contributed by atoms with Gasteiger partial charge in [-0.25, -0.2) is 9.59 Å². The summed E-state index contributed by atoms with van der Waals surface area (Å²) in [6.07, 6.45) is 3.48. The Hall–Kier alpha value is -2.30. The lowest BCUT2D eigenvalue weighted by Crippen LogP contribution is -2.18. The van der Waals surface area contributed by atoms with Gasteiger partial charge in [0.05, 0.1) is 19.8 Å². The summed E-state index contributed by atoms with van der Waals surface area (Å²) in [4.78, 5) is 23.9. The fraction of sp³-hybridized carbons (Fsp3) is 0.444. The van der Waals surface area contributed by atoms with E-state index < -0.39 is 11.9 Å². The van der Waals surface area contributed by atoms with Crippen molar-refractivity contribution in [3.8, 4) is 5.75 Å².